The highest BCUT2D eigenvalue weighted by Gasteiger charge is 2.22. The van der Waals surface area contributed by atoms with E-state index < -0.39 is 0 Å². The summed E-state index contributed by atoms with van der Waals surface area (Å²) in [6.07, 6.45) is 0. The van der Waals surface area contributed by atoms with Gasteiger partial charge >= 0.3 is 0 Å². The Labute approximate surface area is 113 Å². The Morgan fingerprint density at radius 2 is 2.00 bits per heavy atom. The Hall–Kier alpha value is -1.13. The topological polar surface area (TPSA) is 24.0 Å². The van der Waals surface area contributed by atoms with Gasteiger partial charge in [0.05, 0.1) is 11.0 Å². The van der Waals surface area contributed by atoms with Crippen LogP contribution in [0.5, 0.6) is 0 Å². The van der Waals surface area contributed by atoms with Gasteiger partial charge in [0, 0.05) is 12.1 Å². The molecule has 1 heterocycles. The van der Waals surface area contributed by atoms with Crippen molar-refractivity contribution in [2.24, 2.45) is 0 Å². The van der Waals surface area contributed by atoms with Crippen LogP contribution < -0.4 is 0 Å². The predicted molar refractivity (Wildman–Crippen MR) is 79.6 cm³/mol. The number of aromatic nitrogens is 2. The summed E-state index contributed by atoms with van der Waals surface area (Å²) in [6.45, 7) is 7.44. The highest BCUT2D eigenvalue weighted by Crippen LogP contribution is 2.20. The zero-order valence-corrected chi connectivity index (χ0v) is 12.6. The highest BCUT2D eigenvalue weighted by atomic mass is 32.1. The number of rotatable bonds is 3. The van der Waals surface area contributed by atoms with E-state index in [9.17, 15) is 0 Å². The molecule has 1 aromatic heterocycles. The molecule has 2 aromatic rings. The fourth-order valence-corrected chi connectivity index (χ4v) is 2.22. The maximum Gasteiger partial charge on any atom is 0.178 e. The fourth-order valence-electron chi connectivity index (χ4n) is 1.95. The number of nitrogens with zero attached hydrogens (tertiary/aromatic N) is 2. The highest BCUT2D eigenvalue weighted by molar-refractivity contribution is 7.71. The predicted octanol–water partition coefficient (Wildman–Crippen LogP) is 3.35. The Balaban J connectivity index is 2.54. The van der Waals surface area contributed by atoms with Crippen LogP contribution in [0.25, 0.3) is 11.0 Å². The second-order valence-electron chi connectivity index (χ2n) is 5.74. The minimum atomic E-state index is 0.0666. The molecule has 0 aliphatic carbocycles. The summed E-state index contributed by atoms with van der Waals surface area (Å²) < 4.78 is 2.99. The van der Waals surface area contributed by atoms with E-state index in [1.54, 1.807) is 0 Å². The summed E-state index contributed by atoms with van der Waals surface area (Å²) in [4.78, 5) is 5.50. The lowest BCUT2D eigenvalue weighted by Gasteiger charge is -2.33. The second-order valence-corrected chi connectivity index (χ2v) is 6.13. The Morgan fingerprint density at radius 1 is 1.33 bits per heavy atom. The standard InChI is InChI=1S/C14H21N3S/c1-10-6-7-11-12(8-10)17(13(18)15-11)9-14(2,3)16(4)5/h6-8H,9H2,1-5H3,(H,15,18). The molecule has 1 N–H and O–H groups in total. The number of hydrogen-bond acceptors (Lipinski definition) is 2. The molecule has 0 amide bonds. The van der Waals surface area contributed by atoms with E-state index in [1.807, 2.05) is 0 Å². The van der Waals surface area contributed by atoms with Gasteiger partial charge in [-0.1, -0.05) is 6.07 Å². The van der Waals surface area contributed by atoms with Crippen LogP contribution in [0.1, 0.15) is 19.4 Å². The Bertz CT molecular complexity index is 619. The lowest BCUT2D eigenvalue weighted by Crippen LogP contribution is -2.42. The van der Waals surface area contributed by atoms with E-state index in [1.165, 1.54) is 11.1 Å². The summed E-state index contributed by atoms with van der Waals surface area (Å²) in [5, 5.41) is 0. The van der Waals surface area contributed by atoms with Crippen molar-refractivity contribution in [3.8, 4) is 0 Å². The van der Waals surface area contributed by atoms with Gasteiger partial charge in [0.1, 0.15) is 0 Å². The van der Waals surface area contributed by atoms with Crippen LogP contribution >= 0.6 is 12.2 Å². The van der Waals surface area contributed by atoms with Crippen LogP contribution in [0.2, 0.25) is 0 Å². The van der Waals surface area contributed by atoms with E-state index >= 15 is 0 Å². The molecule has 0 atom stereocenters. The van der Waals surface area contributed by atoms with Crippen molar-refractivity contribution >= 4 is 23.3 Å². The molecule has 0 aliphatic heterocycles. The molecule has 0 unspecified atom stereocenters. The van der Waals surface area contributed by atoms with Crippen molar-refractivity contribution in [3.63, 3.8) is 0 Å². The van der Waals surface area contributed by atoms with Crippen molar-refractivity contribution in [1.29, 1.82) is 0 Å². The molecular formula is C14H21N3S. The average Bonchev–Trinajstić information content (AvgIpc) is 2.55. The van der Waals surface area contributed by atoms with Crippen LogP contribution in [0.3, 0.4) is 0 Å². The molecule has 4 heteroatoms. The first-order valence-corrected chi connectivity index (χ1v) is 6.59. The fraction of sp³-hybridized carbons (Fsp3) is 0.500. The van der Waals surface area contributed by atoms with Crippen molar-refractivity contribution in [3.05, 3.63) is 28.5 Å². The van der Waals surface area contributed by atoms with Crippen LogP contribution in [0.15, 0.2) is 18.2 Å². The monoisotopic (exact) mass is 263 g/mol. The van der Waals surface area contributed by atoms with Crippen molar-refractivity contribution in [2.45, 2.75) is 32.9 Å². The number of likely N-dealkylation sites (N-methyl/N-ethyl adjacent to an activating group) is 1. The third-order valence-corrected chi connectivity index (χ3v) is 4.01. The van der Waals surface area contributed by atoms with Gasteiger partial charge < -0.3 is 14.5 Å². The average molecular weight is 263 g/mol. The largest absolute Gasteiger partial charge is 0.331 e. The maximum atomic E-state index is 5.44. The van der Waals surface area contributed by atoms with E-state index in [-0.39, 0.29) is 5.54 Å². The smallest absolute Gasteiger partial charge is 0.178 e. The second kappa shape index (κ2) is 4.52. The summed E-state index contributed by atoms with van der Waals surface area (Å²) in [6, 6.07) is 6.39. The number of nitrogens with one attached hydrogen (secondary N) is 1. The molecule has 0 bridgehead atoms. The molecular weight excluding hydrogens is 242 g/mol. The minimum Gasteiger partial charge on any atom is -0.331 e. The zero-order valence-electron chi connectivity index (χ0n) is 11.7. The van der Waals surface area contributed by atoms with Gasteiger partial charge in [-0.2, -0.15) is 0 Å². The number of H-pyrrole nitrogens is 1. The molecule has 0 saturated heterocycles. The first-order valence-electron chi connectivity index (χ1n) is 6.18. The van der Waals surface area contributed by atoms with Gasteiger partial charge in [-0.05, 0) is 64.8 Å². The quantitative estimate of drug-likeness (QED) is 0.859. The minimum absolute atomic E-state index is 0.0666. The number of benzene rings is 1. The number of aryl methyl sites for hydroxylation is 1. The summed E-state index contributed by atoms with van der Waals surface area (Å²) in [7, 11) is 4.20. The van der Waals surface area contributed by atoms with Gasteiger partial charge in [0.25, 0.3) is 0 Å². The summed E-state index contributed by atoms with van der Waals surface area (Å²) in [5.74, 6) is 0. The first kappa shape index (κ1) is 13.3. The van der Waals surface area contributed by atoms with Crippen molar-refractivity contribution in [1.82, 2.24) is 14.5 Å². The molecule has 0 spiro atoms. The Kier molecular flexibility index (Phi) is 3.34. The van der Waals surface area contributed by atoms with Crippen LogP contribution in [0.4, 0.5) is 0 Å². The van der Waals surface area contributed by atoms with E-state index in [0.29, 0.717) is 0 Å². The van der Waals surface area contributed by atoms with Gasteiger partial charge in [-0.15, -0.1) is 0 Å². The third-order valence-electron chi connectivity index (χ3n) is 3.69. The molecule has 18 heavy (non-hydrogen) atoms. The zero-order chi connectivity index (χ0) is 13.5. The first-order chi connectivity index (χ1) is 8.31. The molecule has 1 aromatic carbocycles. The maximum absolute atomic E-state index is 5.44. The van der Waals surface area contributed by atoms with E-state index in [4.69, 9.17) is 12.2 Å². The van der Waals surface area contributed by atoms with Gasteiger partial charge in [0.2, 0.25) is 0 Å². The molecule has 2 rings (SSSR count). The SMILES string of the molecule is Cc1ccc2[nH]c(=S)n(CC(C)(C)N(C)C)c2c1. The van der Waals surface area contributed by atoms with Crippen molar-refractivity contribution < 1.29 is 0 Å². The third kappa shape index (κ3) is 2.35. The van der Waals surface area contributed by atoms with E-state index in [2.05, 4.69) is 67.5 Å². The normalized spacial score (nSPS) is 12.6. The Morgan fingerprint density at radius 3 is 2.61 bits per heavy atom. The number of aromatic amines is 1. The number of hydrogen-bond donors (Lipinski definition) is 1. The summed E-state index contributed by atoms with van der Waals surface area (Å²) in [5.41, 5.74) is 3.62. The van der Waals surface area contributed by atoms with Crippen LogP contribution in [-0.2, 0) is 6.54 Å². The van der Waals surface area contributed by atoms with E-state index in [0.717, 1.165) is 16.8 Å². The van der Waals surface area contributed by atoms with Crippen molar-refractivity contribution in [2.75, 3.05) is 14.1 Å². The molecule has 0 aliphatic rings. The molecule has 3 nitrogen and oxygen atoms in total. The number of fused-ring (bicyclic) bond motifs is 1. The lowest BCUT2D eigenvalue weighted by atomic mass is 10.0. The number of imidazole rings is 1. The molecule has 98 valence electrons. The lowest BCUT2D eigenvalue weighted by molar-refractivity contribution is 0.170. The van der Waals surface area contributed by atoms with Gasteiger partial charge in [-0.3, -0.25) is 0 Å². The van der Waals surface area contributed by atoms with Gasteiger partial charge in [0.15, 0.2) is 4.77 Å². The molecule has 0 fully saturated rings. The summed E-state index contributed by atoms with van der Waals surface area (Å²) >= 11 is 5.44. The van der Waals surface area contributed by atoms with Gasteiger partial charge in [-0.25, -0.2) is 0 Å². The molecule has 0 radical (unpaired) electrons. The molecule has 0 saturated carbocycles. The van der Waals surface area contributed by atoms with Crippen LogP contribution in [0, 0.1) is 11.7 Å². The van der Waals surface area contributed by atoms with Crippen LogP contribution in [-0.4, -0.2) is 34.1 Å².